The molecule has 25 heavy (non-hydrogen) atoms. The van der Waals surface area contributed by atoms with Gasteiger partial charge in [0.2, 0.25) is 0 Å². The zero-order chi connectivity index (χ0) is 17.6. The van der Waals surface area contributed by atoms with Crippen molar-refractivity contribution in [1.29, 1.82) is 0 Å². The van der Waals surface area contributed by atoms with Crippen molar-refractivity contribution in [1.82, 2.24) is 24.3 Å². The molecule has 3 aromatic rings. The Morgan fingerprint density at radius 3 is 2.72 bits per heavy atom. The van der Waals surface area contributed by atoms with E-state index in [0.717, 1.165) is 29.3 Å². The number of aromatic nitrogens is 4. The molecule has 3 heterocycles. The van der Waals surface area contributed by atoms with Gasteiger partial charge in [0.1, 0.15) is 5.82 Å². The van der Waals surface area contributed by atoms with Gasteiger partial charge in [-0.05, 0) is 42.5 Å². The van der Waals surface area contributed by atoms with E-state index in [0.29, 0.717) is 13.1 Å². The lowest BCUT2D eigenvalue weighted by Gasteiger charge is -2.30. The van der Waals surface area contributed by atoms with Gasteiger partial charge in [-0.15, -0.1) is 5.10 Å². The van der Waals surface area contributed by atoms with Crippen LogP contribution in [0.25, 0.3) is 10.9 Å². The fraction of sp³-hybridized carbons (Fsp3) is 0.375. The lowest BCUT2D eigenvalue weighted by Crippen LogP contribution is -2.38. The number of fused-ring (bicyclic) bond motifs is 1. The number of aromatic amines is 1. The summed E-state index contributed by atoms with van der Waals surface area (Å²) < 4.78 is 41.5. The van der Waals surface area contributed by atoms with Crippen LogP contribution >= 0.6 is 0 Å². The van der Waals surface area contributed by atoms with Crippen molar-refractivity contribution in [3.8, 4) is 0 Å². The predicted octanol–water partition coefficient (Wildman–Crippen LogP) is 2.00. The summed E-state index contributed by atoms with van der Waals surface area (Å²) in [6.45, 7) is 0.873. The van der Waals surface area contributed by atoms with E-state index in [1.54, 1.807) is 13.1 Å². The average molecular weight is 363 g/mol. The molecule has 1 aliphatic heterocycles. The third-order valence-electron chi connectivity index (χ3n) is 4.85. The number of sulfonamides is 1. The van der Waals surface area contributed by atoms with E-state index >= 15 is 0 Å². The minimum absolute atomic E-state index is 0.105. The molecule has 0 amide bonds. The molecule has 2 aromatic heterocycles. The summed E-state index contributed by atoms with van der Waals surface area (Å²) in [6, 6.07) is 4.71. The number of hydrogen-bond acceptors (Lipinski definition) is 4. The zero-order valence-electron chi connectivity index (χ0n) is 13.7. The standard InChI is InChI=1S/C16H18FN5O2S/c1-21-16(10-19-20-21)25(23,24)22-6-4-11(5-7-22)14-9-18-15-8-12(17)2-3-13(14)15/h2-3,8-11,18H,4-7H2,1H3. The lowest BCUT2D eigenvalue weighted by atomic mass is 9.90. The van der Waals surface area contributed by atoms with Gasteiger partial charge in [-0.3, -0.25) is 0 Å². The van der Waals surface area contributed by atoms with Crippen molar-refractivity contribution in [3.05, 3.63) is 42.0 Å². The number of nitrogens with zero attached hydrogens (tertiary/aromatic N) is 4. The molecule has 0 atom stereocenters. The first-order valence-electron chi connectivity index (χ1n) is 8.08. The minimum Gasteiger partial charge on any atom is -0.361 e. The number of hydrogen-bond donors (Lipinski definition) is 1. The number of aryl methyl sites for hydroxylation is 1. The number of nitrogens with one attached hydrogen (secondary N) is 1. The molecule has 7 nitrogen and oxygen atoms in total. The Balaban J connectivity index is 1.54. The highest BCUT2D eigenvalue weighted by Crippen LogP contribution is 2.34. The summed E-state index contributed by atoms with van der Waals surface area (Å²) in [6.07, 6.45) is 4.61. The van der Waals surface area contributed by atoms with Crippen LogP contribution in [-0.2, 0) is 17.1 Å². The third kappa shape index (κ3) is 2.73. The van der Waals surface area contributed by atoms with Crippen molar-refractivity contribution in [3.63, 3.8) is 0 Å². The SMILES string of the molecule is Cn1nncc1S(=O)(=O)N1CCC(c2c[nH]c3cc(F)ccc23)CC1. The van der Waals surface area contributed by atoms with Gasteiger partial charge in [-0.25, -0.2) is 17.5 Å². The first kappa shape index (κ1) is 16.2. The van der Waals surface area contributed by atoms with Gasteiger partial charge in [0.25, 0.3) is 10.0 Å². The Hall–Kier alpha value is -2.26. The summed E-state index contributed by atoms with van der Waals surface area (Å²) in [4.78, 5) is 3.11. The van der Waals surface area contributed by atoms with Crippen molar-refractivity contribution in [2.24, 2.45) is 7.05 Å². The van der Waals surface area contributed by atoms with Gasteiger partial charge < -0.3 is 4.98 Å². The van der Waals surface area contributed by atoms with Crippen LogP contribution in [0.3, 0.4) is 0 Å². The lowest BCUT2D eigenvalue weighted by molar-refractivity contribution is 0.318. The molecule has 1 fully saturated rings. The quantitative estimate of drug-likeness (QED) is 0.771. The van der Waals surface area contributed by atoms with Crippen LogP contribution in [0, 0.1) is 5.82 Å². The Kier molecular flexibility index (Phi) is 3.84. The fourth-order valence-electron chi connectivity index (χ4n) is 3.51. The van der Waals surface area contributed by atoms with E-state index in [1.807, 2.05) is 6.20 Å². The fourth-order valence-corrected chi connectivity index (χ4v) is 5.02. The van der Waals surface area contributed by atoms with Crippen molar-refractivity contribution >= 4 is 20.9 Å². The Morgan fingerprint density at radius 2 is 2.04 bits per heavy atom. The number of rotatable bonds is 3. The average Bonchev–Trinajstić information content (AvgIpc) is 3.21. The maximum absolute atomic E-state index is 13.3. The van der Waals surface area contributed by atoms with Gasteiger partial charge >= 0.3 is 0 Å². The monoisotopic (exact) mass is 363 g/mol. The molecule has 1 saturated heterocycles. The van der Waals surface area contributed by atoms with Crippen LogP contribution in [0.4, 0.5) is 4.39 Å². The summed E-state index contributed by atoms with van der Waals surface area (Å²) >= 11 is 0. The summed E-state index contributed by atoms with van der Waals surface area (Å²) in [5.74, 6) is -0.0260. The predicted molar refractivity (Wildman–Crippen MR) is 90.0 cm³/mol. The topological polar surface area (TPSA) is 83.9 Å². The molecule has 4 rings (SSSR count). The van der Waals surface area contributed by atoms with Crippen LogP contribution in [0.2, 0.25) is 0 Å². The second-order valence-electron chi connectivity index (χ2n) is 6.31. The Bertz CT molecular complexity index is 1020. The third-order valence-corrected chi connectivity index (χ3v) is 6.79. The Morgan fingerprint density at radius 1 is 1.28 bits per heavy atom. The van der Waals surface area contributed by atoms with E-state index in [1.165, 1.54) is 27.3 Å². The van der Waals surface area contributed by atoms with Crippen molar-refractivity contribution in [2.45, 2.75) is 23.8 Å². The summed E-state index contributed by atoms with van der Waals surface area (Å²) in [5, 5.41) is 8.46. The van der Waals surface area contributed by atoms with Crippen LogP contribution in [0.1, 0.15) is 24.3 Å². The van der Waals surface area contributed by atoms with Gasteiger partial charge in [0.15, 0.2) is 5.03 Å². The highest BCUT2D eigenvalue weighted by atomic mass is 32.2. The molecule has 0 unspecified atom stereocenters. The van der Waals surface area contributed by atoms with E-state index in [9.17, 15) is 12.8 Å². The molecule has 1 aromatic carbocycles. The highest BCUT2D eigenvalue weighted by molar-refractivity contribution is 7.89. The number of benzene rings is 1. The molecule has 9 heteroatoms. The summed E-state index contributed by atoms with van der Waals surface area (Å²) in [5.41, 5.74) is 1.89. The molecule has 0 radical (unpaired) electrons. The molecule has 132 valence electrons. The molecule has 1 N–H and O–H groups in total. The molecule has 0 aliphatic carbocycles. The zero-order valence-corrected chi connectivity index (χ0v) is 14.5. The minimum atomic E-state index is -3.58. The first-order chi connectivity index (χ1) is 12.0. The van der Waals surface area contributed by atoms with Crippen LogP contribution in [0.15, 0.2) is 35.6 Å². The van der Waals surface area contributed by atoms with E-state index in [2.05, 4.69) is 15.3 Å². The summed E-state index contributed by atoms with van der Waals surface area (Å²) in [7, 11) is -2.01. The van der Waals surface area contributed by atoms with Crippen molar-refractivity contribution < 1.29 is 12.8 Å². The van der Waals surface area contributed by atoms with E-state index in [4.69, 9.17) is 0 Å². The maximum Gasteiger partial charge on any atom is 0.261 e. The molecular formula is C16H18FN5O2S. The largest absolute Gasteiger partial charge is 0.361 e. The van der Waals surface area contributed by atoms with Crippen LogP contribution in [0.5, 0.6) is 0 Å². The normalized spacial score (nSPS) is 17.4. The van der Waals surface area contributed by atoms with Gasteiger partial charge in [-0.1, -0.05) is 5.21 Å². The first-order valence-corrected chi connectivity index (χ1v) is 9.52. The molecule has 0 spiro atoms. The van der Waals surface area contributed by atoms with Gasteiger partial charge in [0, 0.05) is 37.2 Å². The van der Waals surface area contributed by atoms with Gasteiger partial charge in [-0.2, -0.15) is 4.31 Å². The second kappa shape index (κ2) is 5.92. The number of H-pyrrole nitrogens is 1. The van der Waals surface area contributed by atoms with Gasteiger partial charge in [0.05, 0.1) is 6.20 Å². The maximum atomic E-state index is 13.3. The molecule has 0 bridgehead atoms. The second-order valence-corrected chi connectivity index (χ2v) is 8.19. The van der Waals surface area contributed by atoms with Crippen molar-refractivity contribution in [2.75, 3.05) is 13.1 Å². The number of piperidine rings is 1. The number of halogens is 1. The molecule has 0 saturated carbocycles. The van der Waals surface area contributed by atoms with Crippen LogP contribution < -0.4 is 0 Å². The molecule has 1 aliphatic rings. The highest BCUT2D eigenvalue weighted by Gasteiger charge is 2.32. The smallest absolute Gasteiger partial charge is 0.261 e. The van der Waals surface area contributed by atoms with E-state index in [-0.39, 0.29) is 16.8 Å². The van der Waals surface area contributed by atoms with E-state index < -0.39 is 10.0 Å². The molecular weight excluding hydrogens is 345 g/mol. The Labute approximate surface area is 144 Å². The van der Waals surface area contributed by atoms with Crippen LogP contribution in [-0.4, -0.2) is 45.8 Å².